The second-order valence-electron chi connectivity index (χ2n) is 4.27. The highest BCUT2D eigenvalue weighted by Gasteiger charge is 2.16. The van der Waals surface area contributed by atoms with Crippen molar-refractivity contribution in [1.82, 2.24) is 20.4 Å². The minimum Gasteiger partial charge on any atom is -0.333 e. The van der Waals surface area contributed by atoms with Crippen molar-refractivity contribution in [1.29, 1.82) is 0 Å². The van der Waals surface area contributed by atoms with E-state index < -0.39 is 0 Å². The molecule has 0 unspecified atom stereocenters. The maximum atomic E-state index is 5.33. The van der Waals surface area contributed by atoms with E-state index >= 15 is 0 Å². The molecule has 0 spiro atoms. The van der Waals surface area contributed by atoms with E-state index in [-0.39, 0.29) is 0 Å². The van der Waals surface area contributed by atoms with Gasteiger partial charge in [-0.1, -0.05) is 5.16 Å². The highest BCUT2D eigenvalue weighted by atomic mass is 79.9. The molecule has 0 saturated carbocycles. The largest absolute Gasteiger partial charge is 0.333 e. The Morgan fingerprint density at radius 3 is 2.84 bits per heavy atom. The first-order valence-corrected chi connectivity index (χ1v) is 8.33. The van der Waals surface area contributed by atoms with Gasteiger partial charge in [0.15, 0.2) is 5.82 Å². The second kappa shape index (κ2) is 6.01. The number of aromatic nitrogens is 2. The maximum absolute atomic E-state index is 5.33. The molecule has 19 heavy (non-hydrogen) atoms. The van der Waals surface area contributed by atoms with Crippen LogP contribution in [0.1, 0.15) is 5.82 Å². The molecule has 5 nitrogen and oxygen atoms in total. The van der Waals surface area contributed by atoms with Crippen LogP contribution in [0.2, 0.25) is 0 Å². The summed E-state index contributed by atoms with van der Waals surface area (Å²) in [4.78, 5) is 7.75. The Kier molecular flexibility index (Phi) is 4.33. The molecule has 0 aliphatic carbocycles. The van der Waals surface area contributed by atoms with E-state index in [0.717, 1.165) is 51.7 Å². The van der Waals surface area contributed by atoms with Crippen LogP contribution in [-0.2, 0) is 6.54 Å². The summed E-state index contributed by atoms with van der Waals surface area (Å²) < 4.78 is 7.37. The van der Waals surface area contributed by atoms with Gasteiger partial charge in [0.25, 0.3) is 5.89 Å². The van der Waals surface area contributed by atoms with Crippen molar-refractivity contribution >= 4 is 43.2 Å². The van der Waals surface area contributed by atoms with Crippen LogP contribution in [0.5, 0.6) is 0 Å². The van der Waals surface area contributed by atoms with Gasteiger partial charge < -0.3 is 9.84 Å². The summed E-state index contributed by atoms with van der Waals surface area (Å²) in [5.41, 5.74) is 0. The Labute approximate surface area is 131 Å². The van der Waals surface area contributed by atoms with Crippen molar-refractivity contribution in [3.05, 3.63) is 20.1 Å². The topological polar surface area (TPSA) is 54.2 Å². The van der Waals surface area contributed by atoms with Crippen molar-refractivity contribution in [2.24, 2.45) is 0 Å². The molecule has 0 amide bonds. The Balaban J connectivity index is 1.72. The third-order valence-electron chi connectivity index (χ3n) is 2.90. The van der Waals surface area contributed by atoms with Gasteiger partial charge in [-0.2, -0.15) is 4.98 Å². The zero-order valence-corrected chi connectivity index (χ0v) is 14.0. The van der Waals surface area contributed by atoms with Gasteiger partial charge in [-0.25, -0.2) is 0 Å². The van der Waals surface area contributed by atoms with Crippen LogP contribution in [0, 0.1) is 0 Å². The van der Waals surface area contributed by atoms with Crippen LogP contribution < -0.4 is 5.32 Å². The molecule has 0 atom stereocenters. The third kappa shape index (κ3) is 3.25. The maximum Gasteiger partial charge on any atom is 0.268 e. The lowest BCUT2D eigenvalue weighted by Crippen LogP contribution is -2.43. The van der Waals surface area contributed by atoms with Gasteiger partial charge in [-0.3, -0.25) is 4.90 Å². The van der Waals surface area contributed by atoms with Crippen LogP contribution in [-0.4, -0.2) is 41.2 Å². The predicted molar refractivity (Wildman–Crippen MR) is 81.2 cm³/mol. The van der Waals surface area contributed by atoms with Gasteiger partial charge in [0.2, 0.25) is 0 Å². The Hall–Kier alpha value is -0.280. The summed E-state index contributed by atoms with van der Waals surface area (Å²) >= 11 is 8.50. The fourth-order valence-electron chi connectivity index (χ4n) is 1.94. The van der Waals surface area contributed by atoms with E-state index in [0.29, 0.717) is 5.89 Å². The van der Waals surface area contributed by atoms with Gasteiger partial charge >= 0.3 is 0 Å². The average Bonchev–Trinajstić information content (AvgIpc) is 2.99. The standard InChI is InChI=1S/C11H12Br2N4OS/c12-7-5-8(19-10(7)13)11-15-9(16-18-11)6-17-3-1-14-2-4-17/h5,14H,1-4,6H2. The molecule has 102 valence electrons. The number of hydrogen-bond acceptors (Lipinski definition) is 6. The first-order valence-electron chi connectivity index (χ1n) is 5.93. The number of rotatable bonds is 3. The smallest absolute Gasteiger partial charge is 0.268 e. The third-order valence-corrected chi connectivity index (χ3v) is 6.14. The average molecular weight is 408 g/mol. The second-order valence-corrected chi connectivity index (χ2v) is 7.50. The molecule has 1 saturated heterocycles. The number of thiophene rings is 1. The minimum atomic E-state index is 0.585. The number of nitrogens with zero attached hydrogens (tertiary/aromatic N) is 3. The van der Waals surface area contributed by atoms with E-state index in [2.05, 4.69) is 52.2 Å². The molecule has 0 radical (unpaired) electrons. The molecule has 8 heteroatoms. The van der Waals surface area contributed by atoms with E-state index in [1.54, 1.807) is 11.3 Å². The Bertz CT molecular complexity index is 545. The van der Waals surface area contributed by atoms with Crippen LogP contribution in [0.25, 0.3) is 10.8 Å². The van der Waals surface area contributed by atoms with Crippen LogP contribution >= 0.6 is 43.2 Å². The summed E-state index contributed by atoms with van der Waals surface area (Å²) in [6, 6.07) is 1.98. The molecule has 0 aromatic carbocycles. The van der Waals surface area contributed by atoms with E-state index in [1.807, 2.05) is 6.07 Å². The number of nitrogens with one attached hydrogen (secondary N) is 1. The van der Waals surface area contributed by atoms with Crippen molar-refractivity contribution in [3.63, 3.8) is 0 Å². The molecule has 1 aliphatic rings. The highest BCUT2D eigenvalue weighted by Crippen LogP contribution is 2.37. The summed E-state index contributed by atoms with van der Waals surface area (Å²) in [6.07, 6.45) is 0. The molecule has 0 bridgehead atoms. The van der Waals surface area contributed by atoms with E-state index in [1.165, 1.54) is 0 Å². The van der Waals surface area contributed by atoms with Crippen molar-refractivity contribution in [2.45, 2.75) is 6.54 Å². The monoisotopic (exact) mass is 406 g/mol. The van der Waals surface area contributed by atoms with Crippen molar-refractivity contribution < 1.29 is 4.52 Å². The van der Waals surface area contributed by atoms with Gasteiger partial charge in [-0.15, -0.1) is 11.3 Å². The molecule has 1 aliphatic heterocycles. The van der Waals surface area contributed by atoms with E-state index in [9.17, 15) is 0 Å². The minimum absolute atomic E-state index is 0.585. The molecule has 3 rings (SSSR count). The Morgan fingerprint density at radius 2 is 2.16 bits per heavy atom. The lowest BCUT2D eigenvalue weighted by Gasteiger charge is -2.25. The van der Waals surface area contributed by atoms with Gasteiger partial charge in [0.05, 0.1) is 15.2 Å². The fourth-order valence-corrected chi connectivity index (χ4v) is 3.90. The SMILES string of the molecule is Brc1cc(-c2nc(CN3CCNCC3)no2)sc1Br. The van der Waals surface area contributed by atoms with Gasteiger partial charge in [0.1, 0.15) is 0 Å². The quantitative estimate of drug-likeness (QED) is 0.847. The molecule has 3 heterocycles. The first kappa shape index (κ1) is 13.7. The number of halogens is 2. The van der Waals surface area contributed by atoms with E-state index in [4.69, 9.17) is 4.52 Å². The zero-order valence-electron chi connectivity index (χ0n) is 10.0. The van der Waals surface area contributed by atoms with Gasteiger partial charge in [-0.05, 0) is 37.9 Å². The Morgan fingerprint density at radius 1 is 1.37 bits per heavy atom. The summed E-state index contributed by atoms with van der Waals surface area (Å²) in [5.74, 6) is 1.33. The number of piperazine rings is 1. The molecular formula is C11H12Br2N4OS. The number of hydrogen-bond donors (Lipinski definition) is 1. The lowest BCUT2D eigenvalue weighted by molar-refractivity contribution is 0.225. The normalized spacial score (nSPS) is 16.9. The summed E-state index contributed by atoms with van der Waals surface area (Å²) in [7, 11) is 0. The zero-order chi connectivity index (χ0) is 13.2. The molecule has 1 N–H and O–H groups in total. The van der Waals surface area contributed by atoms with Gasteiger partial charge in [0, 0.05) is 30.7 Å². The summed E-state index contributed by atoms with van der Waals surface area (Å²) in [6.45, 7) is 4.85. The molecular weight excluding hydrogens is 396 g/mol. The molecule has 1 fully saturated rings. The van der Waals surface area contributed by atoms with Crippen LogP contribution in [0.15, 0.2) is 18.8 Å². The van der Waals surface area contributed by atoms with Crippen molar-refractivity contribution in [3.8, 4) is 10.8 Å². The van der Waals surface area contributed by atoms with Crippen molar-refractivity contribution in [2.75, 3.05) is 26.2 Å². The first-order chi connectivity index (χ1) is 9.22. The van der Waals surface area contributed by atoms with Crippen LogP contribution in [0.4, 0.5) is 0 Å². The summed E-state index contributed by atoms with van der Waals surface area (Å²) in [5, 5.41) is 7.38. The molecule has 2 aromatic rings. The van der Waals surface area contributed by atoms with Crippen LogP contribution in [0.3, 0.4) is 0 Å². The lowest BCUT2D eigenvalue weighted by atomic mass is 10.3. The fraction of sp³-hybridized carbons (Fsp3) is 0.455. The predicted octanol–water partition coefficient (Wildman–Crippen LogP) is 2.73. The highest BCUT2D eigenvalue weighted by molar-refractivity contribution is 9.13. The molecule has 2 aromatic heterocycles.